The Morgan fingerprint density at radius 1 is 1.00 bits per heavy atom. The number of rotatable bonds is 8. The van der Waals surface area contributed by atoms with E-state index in [0.717, 1.165) is 12.6 Å². The zero-order chi connectivity index (χ0) is 11.8. The molecule has 0 spiro atoms. The fourth-order valence-corrected chi connectivity index (χ4v) is 3.06. The normalized spacial score (nSPS) is 12.4. The first-order valence-electron chi connectivity index (χ1n) is 5.84. The minimum absolute atomic E-state index is 0.621. The minimum atomic E-state index is -1.34. The van der Waals surface area contributed by atoms with Gasteiger partial charge in [-0.15, -0.1) is 0 Å². The Morgan fingerprint density at radius 3 is 1.80 bits per heavy atom. The van der Waals surface area contributed by atoms with Crippen molar-refractivity contribution in [3.05, 3.63) is 0 Å². The Bertz CT molecular complexity index is 142. The molecule has 0 radical (unpaired) electrons. The maximum atomic E-state index is 5.30. The molecule has 3 nitrogen and oxygen atoms in total. The first-order chi connectivity index (χ1) is 7.02. The smallest absolute Gasteiger partial charge is 0.320 e. The molecule has 0 aromatic heterocycles. The lowest BCUT2D eigenvalue weighted by Crippen LogP contribution is -2.38. The Morgan fingerprint density at radius 2 is 1.47 bits per heavy atom. The minimum Gasteiger partial charge on any atom is -0.400 e. The molecule has 0 N–H and O–H groups in total. The van der Waals surface area contributed by atoms with Gasteiger partial charge < -0.3 is 8.85 Å². The van der Waals surface area contributed by atoms with Gasteiger partial charge in [0.05, 0.1) is 0 Å². The van der Waals surface area contributed by atoms with Crippen LogP contribution in [0.15, 0.2) is 0 Å². The molecule has 0 aromatic rings. The van der Waals surface area contributed by atoms with Crippen LogP contribution in [0.25, 0.3) is 0 Å². The van der Waals surface area contributed by atoms with Crippen LogP contribution in [0, 0.1) is 0 Å². The average Bonchev–Trinajstić information content (AvgIpc) is 2.17. The molecule has 0 fully saturated rings. The number of hydrogen-bond donors (Lipinski definition) is 0. The van der Waals surface area contributed by atoms with Crippen molar-refractivity contribution in [2.45, 2.75) is 52.2 Å². The van der Waals surface area contributed by atoms with Gasteiger partial charge in [-0.25, -0.2) is 0 Å². The van der Waals surface area contributed by atoms with Gasteiger partial charge in [0.1, 0.15) is 0 Å². The van der Waals surface area contributed by atoms with Crippen molar-refractivity contribution in [3.63, 3.8) is 0 Å². The molecule has 0 aliphatic rings. The number of hydrogen-bond acceptors (Lipinski definition) is 3. The third-order valence-electron chi connectivity index (χ3n) is 2.71. The lowest BCUT2D eigenvalue weighted by Gasteiger charge is -2.30. The molecule has 4 heteroatoms. The summed E-state index contributed by atoms with van der Waals surface area (Å²) >= 11 is 0. The van der Waals surface area contributed by atoms with Gasteiger partial charge >= 0.3 is 9.28 Å². The van der Waals surface area contributed by atoms with Crippen LogP contribution in [0.2, 0.25) is 6.04 Å². The molecule has 0 saturated heterocycles. The Kier molecular flexibility index (Phi) is 8.33. The van der Waals surface area contributed by atoms with Crippen LogP contribution in [0.5, 0.6) is 0 Å². The van der Waals surface area contributed by atoms with E-state index in [-0.39, 0.29) is 0 Å². The highest BCUT2D eigenvalue weighted by atomic mass is 28.3. The van der Waals surface area contributed by atoms with Crippen molar-refractivity contribution in [1.29, 1.82) is 0 Å². The van der Waals surface area contributed by atoms with Gasteiger partial charge in [-0.05, 0) is 46.7 Å². The molecule has 0 bridgehead atoms. The summed E-state index contributed by atoms with van der Waals surface area (Å²) < 4.78 is 10.6. The zero-order valence-corrected chi connectivity index (χ0v) is 12.3. The Hall–Kier alpha value is 0.0969. The van der Waals surface area contributed by atoms with E-state index in [4.69, 9.17) is 8.85 Å². The Balaban J connectivity index is 3.80. The molecule has 0 unspecified atom stereocenters. The lowest BCUT2D eigenvalue weighted by molar-refractivity contribution is 0.173. The van der Waals surface area contributed by atoms with Crippen molar-refractivity contribution in [2.24, 2.45) is 0 Å². The summed E-state index contributed by atoms with van der Waals surface area (Å²) in [5, 5.41) is 0. The van der Waals surface area contributed by atoms with Gasteiger partial charge in [0.2, 0.25) is 0 Å². The van der Waals surface area contributed by atoms with Crippen molar-refractivity contribution >= 4 is 9.28 Å². The van der Waals surface area contributed by atoms with Gasteiger partial charge in [0.15, 0.2) is 0 Å². The lowest BCUT2D eigenvalue weighted by atomic mass is 10.2. The molecule has 0 aliphatic carbocycles. The molecule has 0 aliphatic heterocycles. The quantitative estimate of drug-likeness (QED) is 0.599. The standard InChI is InChI=1S/C11H27NO2Si/c1-10(2)12(11(3)4)8-7-9-15(13-5)14-6/h10-11,15H,7-9H2,1-6H3. The van der Waals surface area contributed by atoms with Crippen molar-refractivity contribution < 1.29 is 8.85 Å². The van der Waals surface area contributed by atoms with Gasteiger partial charge in [-0.2, -0.15) is 0 Å². The van der Waals surface area contributed by atoms with Crippen LogP contribution in [-0.2, 0) is 8.85 Å². The van der Waals surface area contributed by atoms with E-state index >= 15 is 0 Å². The summed E-state index contributed by atoms with van der Waals surface area (Å²) in [6.45, 7) is 10.2. The second-order valence-corrected chi connectivity index (χ2v) is 6.85. The van der Waals surface area contributed by atoms with Crippen LogP contribution in [0.1, 0.15) is 34.1 Å². The second-order valence-electron chi connectivity index (χ2n) is 4.47. The summed E-state index contributed by atoms with van der Waals surface area (Å²) in [7, 11) is 2.17. The van der Waals surface area contributed by atoms with E-state index in [0.29, 0.717) is 12.1 Å². The highest BCUT2D eigenvalue weighted by Gasteiger charge is 2.15. The van der Waals surface area contributed by atoms with E-state index in [9.17, 15) is 0 Å². The fourth-order valence-electron chi connectivity index (χ4n) is 1.89. The van der Waals surface area contributed by atoms with E-state index in [1.807, 2.05) is 0 Å². The van der Waals surface area contributed by atoms with Gasteiger partial charge in [-0.1, -0.05) is 0 Å². The second kappa shape index (κ2) is 8.27. The van der Waals surface area contributed by atoms with E-state index < -0.39 is 9.28 Å². The molecular weight excluding hydrogens is 206 g/mol. The summed E-state index contributed by atoms with van der Waals surface area (Å²) in [5.41, 5.74) is 0. The predicted octanol–water partition coefficient (Wildman–Crippen LogP) is 2.01. The van der Waals surface area contributed by atoms with Crippen LogP contribution < -0.4 is 0 Å². The van der Waals surface area contributed by atoms with Gasteiger partial charge in [0.25, 0.3) is 0 Å². The predicted molar refractivity (Wildman–Crippen MR) is 67.6 cm³/mol. The van der Waals surface area contributed by atoms with Crippen molar-refractivity contribution in [2.75, 3.05) is 20.8 Å². The fraction of sp³-hybridized carbons (Fsp3) is 1.00. The summed E-state index contributed by atoms with van der Waals surface area (Å²) in [6.07, 6.45) is 1.18. The molecule has 0 amide bonds. The summed E-state index contributed by atoms with van der Waals surface area (Å²) in [5.74, 6) is 0. The molecule has 0 aromatic carbocycles. The third-order valence-corrected chi connectivity index (χ3v) is 4.64. The SMILES string of the molecule is CO[SiH](CCCN(C(C)C)C(C)C)OC. The largest absolute Gasteiger partial charge is 0.400 e. The molecule has 92 valence electrons. The molecule has 0 heterocycles. The zero-order valence-electron chi connectivity index (χ0n) is 11.1. The van der Waals surface area contributed by atoms with Crippen LogP contribution in [0.4, 0.5) is 0 Å². The van der Waals surface area contributed by atoms with Gasteiger partial charge in [0, 0.05) is 26.3 Å². The molecule has 15 heavy (non-hydrogen) atoms. The maximum Gasteiger partial charge on any atom is 0.320 e. The first kappa shape index (κ1) is 15.1. The van der Waals surface area contributed by atoms with Crippen LogP contribution in [-0.4, -0.2) is 47.0 Å². The highest BCUT2D eigenvalue weighted by molar-refractivity contribution is 6.44. The summed E-state index contributed by atoms with van der Waals surface area (Å²) in [6, 6.07) is 2.34. The average molecular weight is 233 g/mol. The van der Waals surface area contributed by atoms with E-state index in [2.05, 4.69) is 32.6 Å². The van der Waals surface area contributed by atoms with Crippen LogP contribution in [0.3, 0.4) is 0 Å². The van der Waals surface area contributed by atoms with Gasteiger partial charge in [-0.3, -0.25) is 4.90 Å². The van der Waals surface area contributed by atoms with Crippen molar-refractivity contribution in [1.82, 2.24) is 4.90 Å². The summed E-state index contributed by atoms with van der Waals surface area (Å²) in [4.78, 5) is 2.51. The third kappa shape index (κ3) is 6.30. The molecule has 0 atom stereocenters. The topological polar surface area (TPSA) is 21.7 Å². The first-order valence-corrected chi connectivity index (χ1v) is 7.60. The maximum absolute atomic E-state index is 5.30. The molecule has 0 saturated carbocycles. The van der Waals surface area contributed by atoms with E-state index in [1.165, 1.54) is 6.42 Å². The highest BCUT2D eigenvalue weighted by Crippen LogP contribution is 2.08. The number of nitrogens with zero attached hydrogens (tertiary/aromatic N) is 1. The van der Waals surface area contributed by atoms with E-state index in [1.54, 1.807) is 14.2 Å². The monoisotopic (exact) mass is 233 g/mol. The van der Waals surface area contributed by atoms with Crippen LogP contribution >= 0.6 is 0 Å². The van der Waals surface area contributed by atoms with Crippen molar-refractivity contribution in [3.8, 4) is 0 Å². The molecule has 0 rings (SSSR count). The molecular formula is C11H27NO2Si. The Labute approximate surface area is 96.6 Å².